The highest BCUT2D eigenvalue weighted by Gasteiger charge is 2.64. The summed E-state index contributed by atoms with van der Waals surface area (Å²) in [5.74, 6) is -1.34. The van der Waals surface area contributed by atoms with Gasteiger partial charge in [0.15, 0.2) is 5.78 Å². The summed E-state index contributed by atoms with van der Waals surface area (Å²) in [7, 11) is -1.69. The van der Waals surface area contributed by atoms with E-state index in [0.29, 0.717) is 0 Å². The molecule has 102 valence electrons. The Morgan fingerprint density at radius 2 is 1.84 bits per heavy atom. The molecule has 1 aromatic rings. The first-order chi connectivity index (χ1) is 8.93. The molecular weight excluding hydrogens is 271 g/mol. The van der Waals surface area contributed by atoms with Gasteiger partial charge in [0.25, 0.3) is 5.34 Å². The van der Waals surface area contributed by atoms with Crippen LogP contribution in [0.5, 0.6) is 0 Å². The van der Waals surface area contributed by atoms with Gasteiger partial charge in [-0.05, 0) is 13.0 Å². The minimum Gasteiger partial charge on any atom is -0.429 e. The normalized spacial score (nSPS) is 21.9. The molecule has 1 atom stereocenters. The van der Waals surface area contributed by atoms with E-state index in [2.05, 4.69) is 0 Å². The molecule has 0 N–H and O–H groups in total. The molecule has 19 heavy (non-hydrogen) atoms. The van der Waals surface area contributed by atoms with Crippen molar-refractivity contribution in [2.75, 3.05) is 14.2 Å². The van der Waals surface area contributed by atoms with E-state index in [1.807, 2.05) is 0 Å². The summed E-state index contributed by atoms with van der Waals surface area (Å²) in [6.45, 7) is 1.18. The molecule has 1 aliphatic heterocycles. The molecule has 0 aromatic heterocycles. The fourth-order valence-electron chi connectivity index (χ4n) is 2.19. The molecule has 0 saturated heterocycles. The minimum absolute atomic E-state index is 0.187. The lowest BCUT2D eigenvalue weighted by atomic mass is 10.0. The van der Waals surface area contributed by atoms with Crippen molar-refractivity contribution in [3.63, 3.8) is 0 Å². The highest BCUT2D eigenvalue weighted by atomic mass is 31.2. The number of fused-ring (bicyclic) bond motifs is 1. The summed E-state index contributed by atoms with van der Waals surface area (Å²) in [5.41, 5.74) is 0.395. The molecule has 2 rings (SSSR count). The van der Waals surface area contributed by atoms with E-state index in [1.165, 1.54) is 19.1 Å². The molecule has 0 saturated carbocycles. The van der Waals surface area contributed by atoms with Crippen molar-refractivity contribution < 1.29 is 27.9 Å². The Morgan fingerprint density at radius 3 is 2.37 bits per heavy atom. The second kappa shape index (κ2) is 4.56. The van der Waals surface area contributed by atoms with Crippen LogP contribution in [0.4, 0.5) is 0 Å². The first kappa shape index (κ1) is 13.9. The molecule has 0 bridgehead atoms. The van der Waals surface area contributed by atoms with Crippen LogP contribution >= 0.6 is 7.60 Å². The molecule has 0 spiro atoms. The average molecular weight is 284 g/mol. The summed E-state index contributed by atoms with van der Waals surface area (Å²) < 4.78 is 27.6. The molecule has 6 nitrogen and oxygen atoms in total. The van der Waals surface area contributed by atoms with Gasteiger partial charge in [-0.3, -0.25) is 9.36 Å². The van der Waals surface area contributed by atoms with Gasteiger partial charge >= 0.3 is 13.6 Å². The maximum absolute atomic E-state index is 12.7. The first-order valence-electron chi connectivity index (χ1n) is 5.48. The lowest BCUT2D eigenvalue weighted by Gasteiger charge is -2.31. The third kappa shape index (κ3) is 1.68. The van der Waals surface area contributed by atoms with E-state index in [-0.39, 0.29) is 11.1 Å². The molecule has 1 aliphatic rings. The summed E-state index contributed by atoms with van der Waals surface area (Å²) in [6.07, 6.45) is 0. The van der Waals surface area contributed by atoms with Crippen LogP contribution in [0.2, 0.25) is 0 Å². The van der Waals surface area contributed by atoms with Crippen molar-refractivity contribution in [1.82, 2.24) is 0 Å². The SMILES string of the molecule is COP(=O)(OC)C1(C(C)=O)OC(=O)c2ccccc21. The van der Waals surface area contributed by atoms with Crippen molar-refractivity contribution in [1.29, 1.82) is 0 Å². The van der Waals surface area contributed by atoms with Gasteiger partial charge in [0.05, 0.1) is 5.56 Å². The minimum atomic E-state index is -3.98. The molecule has 0 fully saturated rings. The third-order valence-corrected chi connectivity index (χ3v) is 5.48. The zero-order valence-electron chi connectivity index (χ0n) is 10.7. The zero-order valence-corrected chi connectivity index (χ0v) is 11.6. The van der Waals surface area contributed by atoms with Crippen LogP contribution in [0.1, 0.15) is 22.8 Å². The maximum atomic E-state index is 12.7. The summed E-state index contributed by atoms with van der Waals surface area (Å²) >= 11 is 0. The Balaban J connectivity index is 2.79. The fraction of sp³-hybridized carbons (Fsp3) is 0.333. The van der Waals surface area contributed by atoms with Gasteiger partial charge in [-0.1, -0.05) is 18.2 Å². The largest absolute Gasteiger partial charge is 0.429 e. The van der Waals surface area contributed by atoms with Crippen LogP contribution < -0.4 is 0 Å². The summed E-state index contributed by atoms with van der Waals surface area (Å²) in [4.78, 5) is 23.9. The maximum Gasteiger partial charge on any atom is 0.385 e. The number of benzene rings is 1. The molecular formula is C12H13O6P. The number of ether oxygens (including phenoxy) is 1. The van der Waals surface area contributed by atoms with Gasteiger partial charge in [-0.2, -0.15) is 0 Å². The van der Waals surface area contributed by atoms with Crippen molar-refractivity contribution >= 4 is 19.3 Å². The quantitative estimate of drug-likeness (QED) is 0.622. The van der Waals surface area contributed by atoms with Gasteiger partial charge in [-0.25, -0.2) is 4.79 Å². The van der Waals surface area contributed by atoms with Crippen LogP contribution in [0.25, 0.3) is 0 Å². The molecule has 0 amide bonds. The molecule has 1 aromatic carbocycles. The Bertz CT molecular complexity index is 588. The van der Waals surface area contributed by atoms with Gasteiger partial charge in [0.2, 0.25) is 0 Å². The number of carbonyl (C=O) groups excluding carboxylic acids is 2. The monoisotopic (exact) mass is 284 g/mol. The van der Waals surface area contributed by atoms with E-state index in [0.717, 1.165) is 14.2 Å². The van der Waals surface area contributed by atoms with Crippen molar-refractivity contribution in [2.24, 2.45) is 0 Å². The first-order valence-corrected chi connectivity index (χ1v) is 7.02. The van der Waals surface area contributed by atoms with Crippen LogP contribution in [0.15, 0.2) is 24.3 Å². The molecule has 0 aliphatic carbocycles. The van der Waals surface area contributed by atoms with Gasteiger partial charge in [-0.15, -0.1) is 0 Å². The number of hydrogen-bond acceptors (Lipinski definition) is 6. The Hall–Kier alpha value is -1.49. The lowest BCUT2D eigenvalue weighted by molar-refractivity contribution is -0.129. The van der Waals surface area contributed by atoms with Crippen LogP contribution in [0, 0.1) is 0 Å². The third-order valence-electron chi connectivity index (χ3n) is 3.10. The highest BCUT2D eigenvalue weighted by Crippen LogP contribution is 2.67. The molecule has 0 radical (unpaired) electrons. The number of cyclic esters (lactones) is 1. The predicted molar refractivity (Wildman–Crippen MR) is 65.8 cm³/mol. The number of carbonyl (C=O) groups is 2. The average Bonchev–Trinajstić information content (AvgIpc) is 2.73. The second-order valence-electron chi connectivity index (χ2n) is 4.00. The lowest BCUT2D eigenvalue weighted by Crippen LogP contribution is -2.35. The second-order valence-corrected chi connectivity index (χ2v) is 6.35. The van der Waals surface area contributed by atoms with Gasteiger partial charge in [0.1, 0.15) is 0 Å². The number of ketones is 1. The molecule has 1 heterocycles. The fourth-order valence-corrected chi connectivity index (χ4v) is 3.92. The Kier molecular flexibility index (Phi) is 3.34. The molecule has 7 heteroatoms. The van der Waals surface area contributed by atoms with E-state index >= 15 is 0 Å². The van der Waals surface area contributed by atoms with Crippen molar-refractivity contribution in [2.45, 2.75) is 12.3 Å². The number of rotatable bonds is 4. The summed E-state index contributed by atoms with van der Waals surface area (Å²) in [5, 5.41) is -2.02. The van der Waals surface area contributed by atoms with E-state index in [1.54, 1.807) is 12.1 Å². The van der Waals surface area contributed by atoms with E-state index in [9.17, 15) is 14.2 Å². The number of hydrogen-bond donors (Lipinski definition) is 0. The molecule has 1 unspecified atom stereocenters. The van der Waals surface area contributed by atoms with Crippen LogP contribution in [-0.4, -0.2) is 26.0 Å². The Labute approximate surface area is 110 Å². The Morgan fingerprint density at radius 1 is 1.26 bits per heavy atom. The summed E-state index contributed by atoms with van der Waals surface area (Å²) in [6, 6.07) is 6.25. The zero-order chi connectivity index (χ0) is 14.3. The van der Waals surface area contributed by atoms with E-state index in [4.69, 9.17) is 13.8 Å². The highest BCUT2D eigenvalue weighted by molar-refractivity contribution is 7.56. The smallest absolute Gasteiger partial charge is 0.385 e. The number of esters is 1. The van der Waals surface area contributed by atoms with Crippen molar-refractivity contribution in [3.8, 4) is 0 Å². The van der Waals surface area contributed by atoms with Crippen LogP contribution in [-0.2, 0) is 28.5 Å². The van der Waals surface area contributed by atoms with Crippen LogP contribution in [0.3, 0.4) is 0 Å². The van der Waals surface area contributed by atoms with Gasteiger partial charge < -0.3 is 13.8 Å². The van der Waals surface area contributed by atoms with E-state index < -0.39 is 24.7 Å². The van der Waals surface area contributed by atoms with Gasteiger partial charge in [0, 0.05) is 19.8 Å². The van der Waals surface area contributed by atoms with Crippen molar-refractivity contribution in [3.05, 3.63) is 35.4 Å². The number of Topliss-reactive ketones (excluding diaryl/α,β-unsaturated/α-hetero) is 1. The predicted octanol–water partition coefficient (Wildman–Crippen LogP) is 2.08. The standard InChI is InChI=1S/C12H13O6P/c1-8(13)12(19(15,16-2)17-3)10-7-5-4-6-9(10)11(14)18-12/h4-7H,1-3H3. The topological polar surface area (TPSA) is 78.9 Å².